The van der Waals surface area contributed by atoms with E-state index in [4.69, 9.17) is 27.9 Å². The third-order valence-electron chi connectivity index (χ3n) is 2.03. The van der Waals surface area contributed by atoms with Gasteiger partial charge < -0.3 is 10.1 Å². The maximum atomic E-state index is 6.13. The summed E-state index contributed by atoms with van der Waals surface area (Å²) in [6.45, 7) is 8.96. The molecular weight excluding hydrogens is 293 g/mol. The molecule has 0 heterocycles. The predicted molar refractivity (Wildman–Crippen MR) is 81.4 cm³/mol. The molecule has 1 N–H and O–H groups in total. The van der Waals surface area contributed by atoms with Gasteiger partial charge in [-0.3, -0.25) is 0 Å². The molecule has 2 nitrogen and oxygen atoms in total. The Kier molecular flexibility index (Phi) is 8.45. The molecule has 0 saturated heterocycles. The lowest BCUT2D eigenvalue weighted by atomic mass is 10.2. The molecule has 0 amide bonds. The Morgan fingerprint density at radius 1 is 1.33 bits per heavy atom. The quantitative estimate of drug-likeness (QED) is 0.618. The van der Waals surface area contributed by atoms with E-state index in [1.807, 2.05) is 26.0 Å². The number of ether oxygens (including phenoxy) is 1. The van der Waals surface area contributed by atoms with E-state index in [0.717, 1.165) is 12.1 Å². The topological polar surface area (TPSA) is 21.3 Å². The first-order valence-corrected chi connectivity index (χ1v) is 6.26. The van der Waals surface area contributed by atoms with Crippen molar-refractivity contribution < 1.29 is 4.74 Å². The second-order valence-corrected chi connectivity index (χ2v) is 4.79. The average Bonchev–Trinajstić information content (AvgIpc) is 2.24. The summed E-state index contributed by atoms with van der Waals surface area (Å²) in [5, 5.41) is 4.28. The van der Waals surface area contributed by atoms with Crippen LogP contribution in [0.2, 0.25) is 10.0 Å². The number of hydrogen-bond acceptors (Lipinski definition) is 2. The minimum atomic E-state index is 0. The fourth-order valence-electron chi connectivity index (χ4n) is 1.38. The number of nitrogens with one attached hydrogen (secondary N) is 1. The fourth-order valence-corrected chi connectivity index (χ4v) is 2.00. The first kappa shape index (κ1) is 17.6. The van der Waals surface area contributed by atoms with Gasteiger partial charge in [-0.05, 0) is 31.5 Å². The van der Waals surface area contributed by atoms with Crippen LogP contribution in [-0.2, 0) is 6.54 Å². The van der Waals surface area contributed by atoms with E-state index in [0.29, 0.717) is 22.3 Å². The van der Waals surface area contributed by atoms with Crippen LogP contribution in [0.1, 0.15) is 19.4 Å². The molecule has 0 bridgehead atoms. The molecule has 0 aromatic heterocycles. The Balaban J connectivity index is 0.00000289. The Hall–Kier alpha value is -0.410. The zero-order chi connectivity index (χ0) is 12.8. The first-order chi connectivity index (χ1) is 8.04. The lowest BCUT2D eigenvalue weighted by Gasteiger charge is -2.14. The van der Waals surface area contributed by atoms with E-state index in [2.05, 4.69) is 11.9 Å². The molecule has 0 atom stereocenters. The second-order valence-electron chi connectivity index (χ2n) is 3.97. The van der Waals surface area contributed by atoms with Crippen LogP contribution < -0.4 is 10.1 Å². The van der Waals surface area contributed by atoms with Crippen LogP contribution in [0.4, 0.5) is 0 Å². The van der Waals surface area contributed by atoms with Crippen molar-refractivity contribution in [1.82, 2.24) is 5.32 Å². The van der Waals surface area contributed by atoms with Gasteiger partial charge in [-0.15, -0.1) is 19.0 Å². The third kappa shape index (κ3) is 5.49. The average molecular weight is 311 g/mol. The summed E-state index contributed by atoms with van der Waals surface area (Å²) in [4.78, 5) is 0. The zero-order valence-corrected chi connectivity index (χ0v) is 12.8. The normalized spacial score (nSPS) is 10.1. The minimum Gasteiger partial charge on any atom is -0.488 e. The van der Waals surface area contributed by atoms with Crippen LogP contribution in [0.15, 0.2) is 24.8 Å². The molecule has 0 unspecified atom stereocenters. The van der Waals surface area contributed by atoms with Gasteiger partial charge >= 0.3 is 0 Å². The maximum absolute atomic E-state index is 6.13. The van der Waals surface area contributed by atoms with Gasteiger partial charge in [-0.25, -0.2) is 0 Å². The lowest BCUT2D eigenvalue weighted by molar-refractivity contribution is 0.242. The van der Waals surface area contributed by atoms with Crippen LogP contribution in [-0.4, -0.2) is 12.6 Å². The molecule has 5 heteroatoms. The van der Waals surface area contributed by atoms with Crippen molar-refractivity contribution in [3.63, 3.8) is 0 Å². The van der Waals surface area contributed by atoms with Crippen LogP contribution in [0.25, 0.3) is 0 Å². The van der Waals surface area contributed by atoms with Crippen molar-refractivity contribution in [3.05, 3.63) is 40.4 Å². The Morgan fingerprint density at radius 2 is 1.89 bits per heavy atom. The highest BCUT2D eigenvalue weighted by molar-refractivity contribution is 6.37. The number of benzene rings is 1. The molecule has 1 aromatic carbocycles. The van der Waals surface area contributed by atoms with E-state index in [1.54, 1.807) is 6.08 Å². The van der Waals surface area contributed by atoms with Gasteiger partial charge in [0.2, 0.25) is 0 Å². The van der Waals surface area contributed by atoms with Gasteiger partial charge in [0.25, 0.3) is 0 Å². The summed E-state index contributed by atoms with van der Waals surface area (Å²) < 4.78 is 5.56. The second kappa shape index (κ2) is 8.65. The highest BCUT2D eigenvalue weighted by Crippen LogP contribution is 2.34. The summed E-state index contributed by atoms with van der Waals surface area (Å²) in [5.41, 5.74) is 1.03. The Bertz CT molecular complexity index is 371. The van der Waals surface area contributed by atoms with Crippen molar-refractivity contribution in [2.75, 3.05) is 6.54 Å². The molecule has 0 aliphatic heterocycles. The molecule has 1 aromatic rings. The van der Waals surface area contributed by atoms with Gasteiger partial charge in [0.05, 0.1) is 16.1 Å². The molecule has 1 rings (SSSR count). The Morgan fingerprint density at radius 3 is 2.33 bits per heavy atom. The molecule has 0 fully saturated rings. The smallest absolute Gasteiger partial charge is 0.156 e. The SMILES string of the molecule is C=CCNCc1cc(Cl)c(OC(C)C)c(Cl)c1.Cl. The molecule has 0 radical (unpaired) electrons. The van der Waals surface area contributed by atoms with Crippen LogP contribution in [0.3, 0.4) is 0 Å². The molecule has 18 heavy (non-hydrogen) atoms. The van der Waals surface area contributed by atoms with E-state index < -0.39 is 0 Å². The Labute approximate surface area is 125 Å². The number of halogens is 3. The van der Waals surface area contributed by atoms with Gasteiger partial charge in [-0.2, -0.15) is 0 Å². The fraction of sp³-hybridized carbons (Fsp3) is 0.385. The van der Waals surface area contributed by atoms with Gasteiger partial charge in [-0.1, -0.05) is 29.3 Å². The number of rotatable bonds is 6. The highest BCUT2D eigenvalue weighted by Gasteiger charge is 2.10. The van der Waals surface area contributed by atoms with Crippen molar-refractivity contribution in [1.29, 1.82) is 0 Å². The van der Waals surface area contributed by atoms with Gasteiger partial charge in [0.15, 0.2) is 5.75 Å². The first-order valence-electron chi connectivity index (χ1n) is 5.50. The summed E-state index contributed by atoms with van der Waals surface area (Å²) in [7, 11) is 0. The van der Waals surface area contributed by atoms with Crippen LogP contribution in [0, 0.1) is 0 Å². The summed E-state index contributed by atoms with van der Waals surface area (Å²) in [6, 6.07) is 3.72. The van der Waals surface area contributed by atoms with Crippen molar-refractivity contribution >= 4 is 35.6 Å². The summed E-state index contributed by atoms with van der Waals surface area (Å²) >= 11 is 12.3. The van der Waals surface area contributed by atoms with Crippen LogP contribution in [0.5, 0.6) is 5.75 Å². The number of hydrogen-bond donors (Lipinski definition) is 1. The van der Waals surface area contributed by atoms with E-state index in [9.17, 15) is 0 Å². The standard InChI is InChI=1S/C13H17Cl2NO.ClH/c1-4-5-16-8-10-6-11(14)13(12(15)7-10)17-9(2)3;/h4,6-7,9,16H,1,5,8H2,2-3H3;1H. The summed E-state index contributed by atoms with van der Waals surface area (Å²) in [6.07, 6.45) is 1.86. The summed E-state index contributed by atoms with van der Waals surface area (Å²) in [5.74, 6) is 0.552. The molecule has 0 aliphatic rings. The monoisotopic (exact) mass is 309 g/mol. The van der Waals surface area contributed by atoms with E-state index >= 15 is 0 Å². The molecule has 0 saturated carbocycles. The zero-order valence-electron chi connectivity index (χ0n) is 10.5. The van der Waals surface area contributed by atoms with Crippen LogP contribution >= 0.6 is 35.6 Å². The molecule has 0 spiro atoms. The van der Waals surface area contributed by atoms with E-state index in [-0.39, 0.29) is 18.5 Å². The van der Waals surface area contributed by atoms with Crippen molar-refractivity contribution in [2.45, 2.75) is 26.5 Å². The minimum absolute atomic E-state index is 0. The maximum Gasteiger partial charge on any atom is 0.156 e. The van der Waals surface area contributed by atoms with Gasteiger partial charge in [0.1, 0.15) is 0 Å². The largest absolute Gasteiger partial charge is 0.488 e. The molecular formula is C13H18Cl3NO. The molecule has 0 aliphatic carbocycles. The van der Waals surface area contributed by atoms with Crippen molar-refractivity contribution in [2.24, 2.45) is 0 Å². The van der Waals surface area contributed by atoms with Gasteiger partial charge in [0, 0.05) is 13.1 Å². The third-order valence-corrected chi connectivity index (χ3v) is 2.59. The molecule has 102 valence electrons. The lowest BCUT2D eigenvalue weighted by Crippen LogP contribution is -2.13. The highest BCUT2D eigenvalue weighted by atomic mass is 35.5. The van der Waals surface area contributed by atoms with Crippen molar-refractivity contribution in [3.8, 4) is 5.75 Å². The predicted octanol–water partition coefficient (Wildman–Crippen LogP) is 4.48. The van der Waals surface area contributed by atoms with E-state index in [1.165, 1.54) is 0 Å².